The first-order valence-corrected chi connectivity index (χ1v) is 9.30. The smallest absolute Gasteiger partial charge is 0.335 e. The molecule has 4 nitrogen and oxygen atoms in total. The Morgan fingerprint density at radius 1 is 0.893 bits per heavy atom. The maximum atomic E-state index is 12.1. The number of benzene rings is 3. The average molecular weight is 375 g/mol. The summed E-state index contributed by atoms with van der Waals surface area (Å²) in [5, 5.41) is 3.15. The normalized spacial score (nSPS) is 11.6. The first-order chi connectivity index (χ1) is 13.7. The molecular weight excluding hydrogens is 350 g/mol. The largest absolute Gasteiger partial charge is 0.467 e. The Bertz CT molecular complexity index is 891. The third-order valence-electron chi connectivity index (χ3n) is 4.62. The van der Waals surface area contributed by atoms with E-state index in [0.29, 0.717) is 13.0 Å². The number of esters is 1. The van der Waals surface area contributed by atoms with Crippen LogP contribution >= 0.6 is 0 Å². The van der Waals surface area contributed by atoms with E-state index in [2.05, 4.69) is 29.6 Å². The van der Waals surface area contributed by atoms with Crippen LogP contribution < -0.4 is 5.32 Å². The molecule has 4 heteroatoms. The van der Waals surface area contributed by atoms with Gasteiger partial charge in [-0.2, -0.15) is 0 Å². The topological polar surface area (TPSA) is 47.6 Å². The highest BCUT2D eigenvalue weighted by Gasteiger charge is 2.20. The van der Waals surface area contributed by atoms with Gasteiger partial charge in [-0.15, -0.1) is 0 Å². The number of carbonyl (C=O) groups excluding carboxylic acids is 1. The van der Waals surface area contributed by atoms with Crippen molar-refractivity contribution in [3.8, 4) is 11.1 Å². The second-order valence-electron chi connectivity index (χ2n) is 6.54. The van der Waals surface area contributed by atoms with Gasteiger partial charge in [-0.3, -0.25) is 0 Å². The summed E-state index contributed by atoms with van der Waals surface area (Å²) in [4.78, 5) is 12.1. The maximum Gasteiger partial charge on any atom is 0.335 e. The molecule has 1 unspecified atom stereocenters. The van der Waals surface area contributed by atoms with Crippen LogP contribution in [0.25, 0.3) is 11.1 Å². The molecule has 1 atom stereocenters. The van der Waals surface area contributed by atoms with Crippen molar-refractivity contribution in [1.82, 2.24) is 0 Å². The molecule has 3 aromatic carbocycles. The van der Waals surface area contributed by atoms with E-state index >= 15 is 0 Å². The second-order valence-corrected chi connectivity index (χ2v) is 6.54. The van der Waals surface area contributed by atoms with Crippen molar-refractivity contribution < 1.29 is 14.3 Å². The lowest BCUT2D eigenvalue weighted by Crippen LogP contribution is -2.28. The zero-order valence-electron chi connectivity index (χ0n) is 16.2. The second kappa shape index (κ2) is 9.72. The molecule has 0 saturated heterocycles. The predicted octanol–water partition coefficient (Wildman–Crippen LogP) is 4.70. The number of ether oxygens (including phenoxy) is 2. The van der Waals surface area contributed by atoms with Gasteiger partial charge in [0.25, 0.3) is 0 Å². The summed E-state index contributed by atoms with van der Waals surface area (Å²) in [5.41, 5.74) is 5.39. The van der Waals surface area contributed by atoms with Gasteiger partial charge < -0.3 is 14.8 Å². The van der Waals surface area contributed by atoms with Crippen molar-refractivity contribution in [2.45, 2.75) is 19.1 Å². The molecule has 0 bridgehead atoms. The van der Waals surface area contributed by atoms with Gasteiger partial charge in [0.2, 0.25) is 0 Å². The number of hydrogen-bond acceptors (Lipinski definition) is 4. The Labute approximate surface area is 166 Å². The van der Waals surface area contributed by atoms with Gasteiger partial charge in [-0.05, 0) is 34.4 Å². The number of anilines is 1. The highest BCUT2D eigenvalue weighted by atomic mass is 16.6. The van der Waals surface area contributed by atoms with Crippen molar-refractivity contribution >= 4 is 11.7 Å². The predicted molar refractivity (Wildman–Crippen MR) is 112 cm³/mol. The molecule has 0 aliphatic carbocycles. The third-order valence-corrected chi connectivity index (χ3v) is 4.62. The Balaban J connectivity index is 1.69. The number of carbonyl (C=O) groups is 1. The SMILES string of the molecule is CNc1cccc(-c2ccc(CC(OCc3ccccc3)C(=O)OC)cc2)c1. The van der Waals surface area contributed by atoms with Gasteiger partial charge in [0.1, 0.15) is 0 Å². The van der Waals surface area contributed by atoms with E-state index in [4.69, 9.17) is 9.47 Å². The van der Waals surface area contributed by atoms with Gasteiger partial charge in [-0.25, -0.2) is 4.79 Å². The molecule has 0 spiro atoms. The summed E-state index contributed by atoms with van der Waals surface area (Å²) < 4.78 is 10.8. The average Bonchev–Trinajstić information content (AvgIpc) is 2.77. The number of methoxy groups -OCH3 is 1. The minimum absolute atomic E-state index is 0.360. The molecule has 0 fully saturated rings. The summed E-state index contributed by atoms with van der Waals surface area (Å²) >= 11 is 0. The van der Waals surface area contributed by atoms with Crippen LogP contribution in [0.15, 0.2) is 78.9 Å². The Morgan fingerprint density at radius 3 is 2.32 bits per heavy atom. The van der Waals surface area contributed by atoms with Crippen molar-refractivity contribution in [2.75, 3.05) is 19.5 Å². The van der Waals surface area contributed by atoms with Crippen molar-refractivity contribution in [3.63, 3.8) is 0 Å². The van der Waals surface area contributed by atoms with E-state index in [-0.39, 0.29) is 5.97 Å². The van der Waals surface area contributed by atoms with Crippen LogP contribution in [-0.2, 0) is 27.3 Å². The van der Waals surface area contributed by atoms with Crippen LogP contribution in [0, 0.1) is 0 Å². The van der Waals surface area contributed by atoms with E-state index in [1.54, 1.807) is 0 Å². The van der Waals surface area contributed by atoms with Gasteiger partial charge in [0.15, 0.2) is 6.10 Å². The van der Waals surface area contributed by atoms with E-state index in [9.17, 15) is 4.79 Å². The van der Waals surface area contributed by atoms with Gasteiger partial charge in [0, 0.05) is 19.2 Å². The quantitative estimate of drug-likeness (QED) is 0.580. The Morgan fingerprint density at radius 2 is 1.64 bits per heavy atom. The van der Waals surface area contributed by atoms with Gasteiger partial charge in [0.05, 0.1) is 13.7 Å². The third kappa shape index (κ3) is 5.21. The molecule has 0 aromatic heterocycles. The van der Waals surface area contributed by atoms with Crippen LogP contribution in [0.1, 0.15) is 11.1 Å². The van der Waals surface area contributed by atoms with Gasteiger partial charge in [-0.1, -0.05) is 66.7 Å². The molecule has 3 rings (SSSR count). The molecule has 0 aliphatic heterocycles. The molecule has 3 aromatic rings. The van der Waals surface area contributed by atoms with E-state index in [1.807, 2.05) is 61.6 Å². The molecule has 0 amide bonds. The first kappa shape index (κ1) is 19.6. The Kier molecular flexibility index (Phi) is 6.82. The highest BCUT2D eigenvalue weighted by molar-refractivity contribution is 5.75. The molecule has 1 N–H and O–H groups in total. The monoisotopic (exact) mass is 375 g/mol. The van der Waals surface area contributed by atoms with Crippen LogP contribution in [-0.4, -0.2) is 26.2 Å². The summed E-state index contributed by atoms with van der Waals surface area (Å²) in [6, 6.07) is 26.2. The number of rotatable bonds is 8. The van der Waals surface area contributed by atoms with E-state index in [0.717, 1.165) is 27.9 Å². The zero-order valence-corrected chi connectivity index (χ0v) is 16.2. The lowest BCUT2D eigenvalue weighted by Gasteiger charge is -2.16. The molecule has 0 aliphatic rings. The van der Waals surface area contributed by atoms with E-state index < -0.39 is 6.10 Å². The first-order valence-electron chi connectivity index (χ1n) is 9.30. The van der Waals surface area contributed by atoms with Crippen LogP contribution in [0.4, 0.5) is 5.69 Å². The van der Waals surface area contributed by atoms with Crippen molar-refractivity contribution in [3.05, 3.63) is 90.0 Å². The highest BCUT2D eigenvalue weighted by Crippen LogP contribution is 2.23. The van der Waals surface area contributed by atoms with Crippen LogP contribution in [0.5, 0.6) is 0 Å². The molecular formula is C24H25NO3. The van der Waals surface area contributed by atoms with Crippen molar-refractivity contribution in [2.24, 2.45) is 0 Å². The van der Waals surface area contributed by atoms with Crippen LogP contribution in [0.3, 0.4) is 0 Å². The van der Waals surface area contributed by atoms with Gasteiger partial charge >= 0.3 is 5.97 Å². The summed E-state index contributed by atoms with van der Waals surface area (Å²) in [7, 11) is 3.30. The molecule has 0 heterocycles. The summed E-state index contributed by atoms with van der Waals surface area (Å²) in [6.45, 7) is 0.371. The number of hydrogen-bond donors (Lipinski definition) is 1. The fourth-order valence-electron chi connectivity index (χ4n) is 3.01. The maximum absolute atomic E-state index is 12.1. The summed E-state index contributed by atoms with van der Waals surface area (Å²) in [5.74, 6) is -0.360. The minimum atomic E-state index is -0.635. The van der Waals surface area contributed by atoms with E-state index in [1.165, 1.54) is 7.11 Å². The standard InChI is InChI=1S/C24H25NO3/c1-25-22-10-6-9-21(16-22)20-13-11-18(12-14-20)15-23(24(26)27-2)28-17-19-7-4-3-5-8-19/h3-14,16,23,25H,15,17H2,1-2H3. The molecule has 0 saturated carbocycles. The van der Waals surface area contributed by atoms with Crippen LogP contribution in [0.2, 0.25) is 0 Å². The lowest BCUT2D eigenvalue weighted by atomic mass is 10.0. The molecule has 0 radical (unpaired) electrons. The summed E-state index contributed by atoms with van der Waals surface area (Å²) in [6.07, 6.45) is -0.167. The fourth-order valence-corrected chi connectivity index (χ4v) is 3.01. The Hall–Kier alpha value is -3.11. The van der Waals surface area contributed by atoms with Crippen molar-refractivity contribution in [1.29, 1.82) is 0 Å². The zero-order chi connectivity index (χ0) is 19.8. The minimum Gasteiger partial charge on any atom is -0.467 e. The fraction of sp³-hybridized carbons (Fsp3) is 0.208. The molecule has 144 valence electrons. The number of nitrogens with one attached hydrogen (secondary N) is 1. The molecule has 28 heavy (non-hydrogen) atoms. The lowest BCUT2D eigenvalue weighted by molar-refractivity contribution is -0.154.